The predicted octanol–water partition coefficient (Wildman–Crippen LogP) is 4.64. The third kappa shape index (κ3) is 4.88. The lowest BCUT2D eigenvalue weighted by molar-refractivity contribution is -0.121. The molecule has 1 aromatic rings. The molecule has 4 nitrogen and oxygen atoms in total. The van der Waals surface area contributed by atoms with Crippen LogP contribution < -0.4 is 14.8 Å². The van der Waals surface area contributed by atoms with E-state index in [9.17, 15) is 4.79 Å². The molecule has 128 valence electrons. The molecule has 0 saturated heterocycles. The van der Waals surface area contributed by atoms with Gasteiger partial charge in [0, 0.05) is 12.0 Å². The van der Waals surface area contributed by atoms with E-state index in [0.717, 1.165) is 18.8 Å². The van der Waals surface area contributed by atoms with Crippen molar-refractivity contribution in [2.24, 2.45) is 11.8 Å². The zero-order valence-corrected chi connectivity index (χ0v) is 14.6. The zero-order chi connectivity index (χ0) is 16.7. The second-order valence-electron chi connectivity index (χ2n) is 6.42. The summed E-state index contributed by atoms with van der Waals surface area (Å²) in [4.78, 5) is 12.5. The minimum absolute atomic E-state index is 0.102. The van der Waals surface area contributed by atoms with Crippen molar-refractivity contribution < 1.29 is 14.3 Å². The van der Waals surface area contributed by atoms with E-state index in [1.54, 1.807) is 14.2 Å². The first-order valence-electron chi connectivity index (χ1n) is 8.70. The summed E-state index contributed by atoms with van der Waals surface area (Å²) < 4.78 is 10.6. The Morgan fingerprint density at radius 2 is 1.91 bits per heavy atom. The van der Waals surface area contributed by atoms with Gasteiger partial charge in [0.05, 0.1) is 19.9 Å². The number of nitrogens with one attached hydrogen (secondary N) is 1. The maximum Gasteiger partial charge on any atom is 0.227 e. The summed E-state index contributed by atoms with van der Waals surface area (Å²) in [6, 6.07) is 5.45. The number of rotatable bonds is 7. The molecule has 23 heavy (non-hydrogen) atoms. The molecule has 1 N–H and O–H groups in total. The monoisotopic (exact) mass is 319 g/mol. The Morgan fingerprint density at radius 3 is 2.52 bits per heavy atom. The Bertz CT molecular complexity index is 507. The quantitative estimate of drug-likeness (QED) is 0.796. The summed E-state index contributed by atoms with van der Waals surface area (Å²) in [6.07, 6.45) is 8.22. The van der Waals surface area contributed by atoms with E-state index in [2.05, 4.69) is 12.2 Å². The van der Waals surface area contributed by atoms with Crippen LogP contribution in [0.3, 0.4) is 0 Å². The predicted molar refractivity (Wildman–Crippen MR) is 93.1 cm³/mol. The highest BCUT2D eigenvalue weighted by Gasteiger charge is 2.26. The zero-order valence-electron chi connectivity index (χ0n) is 14.6. The van der Waals surface area contributed by atoms with Crippen LogP contribution in [0.25, 0.3) is 0 Å². The Kier molecular flexibility index (Phi) is 6.75. The van der Waals surface area contributed by atoms with Crippen LogP contribution in [-0.2, 0) is 4.79 Å². The molecule has 0 bridgehead atoms. The molecule has 0 radical (unpaired) electrons. The summed E-state index contributed by atoms with van der Waals surface area (Å²) in [6.45, 7) is 2.24. The molecule has 2 rings (SSSR count). The third-order valence-electron chi connectivity index (χ3n) is 4.85. The molecule has 0 atom stereocenters. The number of methoxy groups -OCH3 is 2. The number of amides is 1. The molecular weight excluding hydrogens is 290 g/mol. The second-order valence-corrected chi connectivity index (χ2v) is 6.42. The number of anilines is 1. The van der Waals surface area contributed by atoms with E-state index in [4.69, 9.17) is 9.47 Å². The highest BCUT2D eigenvalue weighted by Crippen LogP contribution is 2.34. The van der Waals surface area contributed by atoms with Crippen molar-refractivity contribution in [2.45, 2.75) is 51.9 Å². The molecule has 1 fully saturated rings. The summed E-state index contributed by atoms with van der Waals surface area (Å²) >= 11 is 0. The summed E-state index contributed by atoms with van der Waals surface area (Å²) in [5, 5.41) is 3.02. The van der Waals surface area contributed by atoms with Crippen LogP contribution in [0.5, 0.6) is 11.5 Å². The summed E-state index contributed by atoms with van der Waals surface area (Å²) in [5.41, 5.74) is 0.685. The maximum absolute atomic E-state index is 12.5. The number of benzene rings is 1. The molecule has 0 heterocycles. The SMILES string of the molecule is CCCCC1CCC(C(=O)Nc2cc(OC)ccc2OC)CC1. The van der Waals surface area contributed by atoms with Crippen molar-refractivity contribution in [3.05, 3.63) is 18.2 Å². The van der Waals surface area contributed by atoms with Gasteiger partial charge < -0.3 is 14.8 Å². The standard InChI is InChI=1S/C19H29NO3/c1-4-5-6-14-7-9-15(10-8-14)19(21)20-17-13-16(22-2)11-12-18(17)23-3/h11-15H,4-10H2,1-3H3,(H,20,21). The van der Waals surface area contributed by atoms with E-state index in [0.29, 0.717) is 17.2 Å². The average molecular weight is 319 g/mol. The number of unbranched alkanes of at least 4 members (excludes halogenated alkanes) is 1. The lowest BCUT2D eigenvalue weighted by atomic mass is 9.79. The van der Waals surface area contributed by atoms with E-state index < -0.39 is 0 Å². The van der Waals surface area contributed by atoms with E-state index in [1.165, 1.54) is 32.1 Å². The number of carbonyl (C=O) groups excluding carboxylic acids is 1. The molecule has 0 unspecified atom stereocenters. The van der Waals surface area contributed by atoms with Gasteiger partial charge in [-0.05, 0) is 43.7 Å². The summed E-state index contributed by atoms with van der Waals surface area (Å²) in [7, 11) is 3.22. The fourth-order valence-electron chi connectivity index (χ4n) is 3.35. The first-order chi connectivity index (χ1) is 11.2. The molecule has 1 amide bonds. The van der Waals surface area contributed by atoms with Crippen molar-refractivity contribution in [2.75, 3.05) is 19.5 Å². The van der Waals surface area contributed by atoms with Crippen LogP contribution in [0.1, 0.15) is 51.9 Å². The minimum atomic E-state index is 0.102. The molecule has 1 aliphatic carbocycles. The van der Waals surface area contributed by atoms with Gasteiger partial charge >= 0.3 is 0 Å². The van der Waals surface area contributed by atoms with Gasteiger partial charge in [-0.15, -0.1) is 0 Å². The highest BCUT2D eigenvalue weighted by molar-refractivity contribution is 5.94. The molecule has 0 aliphatic heterocycles. The minimum Gasteiger partial charge on any atom is -0.497 e. The summed E-state index contributed by atoms with van der Waals surface area (Å²) in [5.74, 6) is 2.40. The van der Waals surface area contributed by atoms with Crippen LogP contribution >= 0.6 is 0 Å². The van der Waals surface area contributed by atoms with Gasteiger partial charge in [0.15, 0.2) is 0 Å². The van der Waals surface area contributed by atoms with Gasteiger partial charge in [-0.2, -0.15) is 0 Å². The molecular formula is C19H29NO3. The molecule has 1 aliphatic rings. The number of ether oxygens (including phenoxy) is 2. The lowest BCUT2D eigenvalue weighted by Crippen LogP contribution is -2.27. The molecule has 0 spiro atoms. The van der Waals surface area contributed by atoms with Crippen LogP contribution in [0.15, 0.2) is 18.2 Å². The Morgan fingerprint density at radius 1 is 1.17 bits per heavy atom. The second kappa shape index (κ2) is 8.80. The Hall–Kier alpha value is -1.71. The van der Waals surface area contributed by atoms with Crippen LogP contribution in [0.2, 0.25) is 0 Å². The van der Waals surface area contributed by atoms with Crippen molar-refractivity contribution in [3.63, 3.8) is 0 Å². The smallest absolute Gasteiger partial charge is 0.227 e. The van der Waals surface area contributed by atoms with E-state index in [1.807, 2.05) is 18.2 Å². The van der Waals surface area contributed by atoms with E-state index >= 15 is 0 Å². The van der Waals surface area contributed by atoms with Crippen molar-refractivity contribution >= 4 is 11.6 Å². The van der Waals surface area contributed by atoms with Gasteiger partial charge in [0.25, 0.3) is 0 Å². The number of hydrogen-bond acceptors (Lipinski definition) is 3. The van der Waals surface area contributed by atoms with Gasteiger partial charge in [-0.1, -0.05) is 26.2 Å². The van der Waals surface area contributed by atoms with E-state index in [-0.39, 0.29) is 11.8 Å². The fraction of sp³-hybridized carbons (Fsp3) is 0.632. The van der Waals surface area contributed by atoms with Gasteiger partial charge in [-0.3, -0.25) is 4.79 Å². The molecule has 4 heteroatoms. The van der Waals surface area contributed by atoms with Gasteiger partial charge in [-0.25, -0.2) is 0 Å². The van der Waals surface area contributed by atoms with Crippen molar-refractivity contribution in [3.8, 4) is 11.5 Å². The van der Waals surface area contributed by atoms with Crippen LogP contribution in [0, 0.1) is 11.8 Å². The van der Waals surface area contributed by atoms with Crippen molar-refractivity contribution in [1.29, 1.82) is 0 Å². The third-order valence-corrected chi connectivity index (χ3v) is 4.85. The lowest BCUT2D eigenvalue weighted by Gasteiger charge is -2.28. The maximum atomic E-state index is 12.5. The Balaban J connectivity index is 1.92. The Labute approximate surface area is 139 Å². The number of carbonyl (C=O) groups is 1. The van der Waals surface area contributed by atoms with Crippen molar-refractivity contribution in [1.82, 2.24) is 0 Å². The van der Waals surface area contributed by atoms with Gasteiger partial charge in [0.2, 0.25) is 5.91 Å². The normalized spacial score (nSPS) is 20.8. The molecule has 1 aromatic carbocycles. The topological polar surface area (TPSA) is 47.6 Å². The average Bonchev–Trinajstić information content (AvgIpc) is 2.60. The first-order valence-corrected chi connectivity index (χ1v) is 8.70. The first kappa shape index (κ1) is 17.6. The van der Waals surface area contributed by atoms with Crippen LogP contribution in [0.4, 0.5) is 5.69 Å². The number of hydrogen-bond donors (Lipinski definition) is 1. The highest BCUT2D eigenvalue weighted by atomic mass is 16.5. The fourth-order valence-corrected chi connectivity index (χ4v) is 3.35. The molecule has 0 aromatic heterocycles. The molecule has 1 saturated carbocycles. The largest absolute Gasteiger partial charge is 0.497 e. The van der Waals surface area contributed by atoms with Crippen LogP contribution in [-0.4, -0.2) is 20.1 Å². The van der Waals surface area contributed by atoms with Gasteiger partial charge in [0.1, 0.15) is 11.5 Å².